The molecule has 0 bridgehead atoms. The first-order valence-corrected chi connectivity index (χ1v) is 12.4. The van der Waals surface area contributed by atoms with Gasteiger partial charge in [0, 0.05) is 43.4 Å². The van der Waals surface area contributed by atoms with Gasteiger partial charge in [0.1, 0.15) is 10.7 Å². The quantitative estimate of drug-likeness (QED) is 0.649. The first kappa shape index (κ1) is 23.5. The molecule has 1 amide bonds. The van der Waals surface area contributed by atoms with Crippen LogP contribution < -0.4 is 9.62 Å². The first-order valence-electron chi connectivity index (χ1n) is 10.6. The van der Waals surface area contributed by atoms with Gasteiger partial charge in [0.15, 0.2) is 0 Å². The number of nitrogens with zero attached hydrogens (tertiary/aromatic N) is 3. The van der Waals surface area contributed by atoms with E-state index in [1.54, 1.807) is 18.2 Å². The van der Waals surface area contributed by atoms with Crippen molar-refractivity contribution in [2.24, 2.45) is 0 Å². The van der Waals surface area contributed by atoms with Crippen molar-refractivity contribution in [1.82, 2.24) is 14.6 Å². The van der Waals surface area contributed by atoms with Crippen LogP contribution in [0.3, 0.4) is 0 Å². The van der Waals surface area contributed by atoms with E-state index in [0.29, 0.717) is 37.0 Å². The number of carbonyl (C=O) groups excluding carboxylic acids is 1. The van der Waals surface area contributed by atoms with Crippen LogP contribution in [0.2, 0.25) is 5.02 Å². The Bertz CT molecular complexity index is 986. The number of rotatable bonds is 8. The van der Waals surface area contributed by atoms with Crippen LogP contribution in [-0.2, 0) is 21.2 Å². The number of aromatic nitrogens is 1. The second kappa shape index (κ2) is 10.4. The fourth-order valence-electron chi connectivity index (χ4n) is 3.56. The highest BCUT2D eigenvalue weighted by Gasteiger charge is 2.23. The van der Waals surface area contributed by atoms with Crippen molar-refractivity contribution >= 4 is 33.3 Å². The number of nitrogens with one attached hydrogen (secondary N) is 1. The molecule has 9 heteroatoms. The molecular formula is C22H29ClN4O3S. The van der Waals surface area contributed by atoms with Gasteiger partial charge in [-0.15, -0.1) is 0 Å². The summed E-state index contributed by atoms with van der Waals surface area (Å²) in [6.45, 7) is 6.36. The van der Waals surface area contributed by atoms with Crippen molar-refractivity contribution in [1.29, 1.82) is 0 Å². The summed E-state index contributed by atoms with van der Waals surface area (Å²) in [6.07, 6.45) is 3.16. The molecule has 31 heavy (non-hydrogen) atoms. The monoisotopic (exact) mass is 464 g/mol. The third kappa shape index (κ3) is 5.96. The maximum Gasteiger partial charge on any atom is 0.242 e. The van der Waals surface area contributed by atoms with Crippen molar-refractivity contribution < 1.29 is 13.2 Å². The van der Waals surface area contributed by atoms with E-state index in [4.69, 9.17) is 11.6 Å². The Morgan fingerprint density at radius 2 is 1.77 bits per heavy atom. The molecule has 1 fully saturated rings. The SMILES string of the molecule is CCC(CC)NS(=O)(=O)c1ccc(N2CCN(C(=O)Cc3ccccc3Cl)CC2)nc1. The number of piperazine rings is 1. The van der Waals surface area contributed by atoms with E-state index in [-0.39, 0.29) is 23.3 Å². The average molecular weight is 465 g/mol. The molecule has 2 aromatic rings. The van der Waals surface area contributed by atoms with Gasteiger partial charge in [-0.3, -0.25) is 4.79 Å². The summed E-state index contributed by atoms with van der Waals surface area (Å²) in [7, 11) is -3.58. The lowest BCUT2D eigenvalue weighted by molar-refractivity contribution is -0.130. The summed E-state index contributed by atoms with van der Waals surface area (Å²) < 4.78 is 27.8. The average Bonchev–Trinajstić information content (AvgIpc) is 2.79. The molecule has 2 heterocycles. The van der Waals surface area contributed by atoms with Gasteiger partial charge in [0.05, 0.1) is 6.42 Å². The zero-order valence-corrected chi connectivity index (χ0v) is 19.5. The minimum absolute atomic E-state index is 0.0506. The lowest BCUT2D eigenvalue weighted by Gasteiger charge is -2.35. The molecule has 1 N–H and O–H groups in total. The number of pyridine rings is 1. The van der Waals surface area contributed by atoms with Gasteiger partial charge in [0.2, 0.25) is 15.9 Å². The lowest BCUT2D eigenvalue weighted by Crippen LogP contribution is -2.49. The van der Waals surface area contributed by atoms with Crippen LogP contribution in [0.25, 0.3) is 0 Å². The maximum absolute atomic E-state index is 12.6. The standard InChI is InChI=1S/C22H29ClN4O3S/c1-3-18(4-2)25-31(29,30)19-9-10-21(24-16-19)26-11-13-27(14-12-26)22(28)15-17-7-5-6-8-20(17)23/h5-10,16,18,25H,3-4,11-15H2,1-2H3. The normalized spacial score (nSPS) is 14.8. The number of amides is 1. The number of hydrogen-bond donors (Lipinski definition) is 1. The van der Waals surface area contributed by atoms with Gasteiger partial charge in [0.25, 0.3) is 0 Å². The summed E-state index contributed by atoms with van der Waals surface area (Å²) >= 11 is 6.16. The minimum Gasteiger partial charge on any atom is -0.353 e. The van der Waals surface area contributed by atoms with Crippen LogP contribution in [0.4, 0.5) is 5.82 Å². The molecule has 3 rings (SSSR count). The van der Waals surface area contributed by atoms with Crippen molar-refractivity contribution in [3.05, 3.63) is 53.2 Å². The van der Waals surface area contributed by atoms with Gasteiger partial charge in [-0.2, -0.15) is 0 Å². The predicted molar refractivity (Wildman–Crippen MR) is 123 cm³/mol. The van der Waals surface area contributed by atoms with E-state index in [1.807, 2.05) is 36.9 Å². The van der Waals surface area contributed by atoms with Gasteiger partial charge in [-0.1, -0.05) is 43.6 Å². The molecule has 0 spiro atoms. The molecule has 0 unspecified atom stereocenters. The van der Waals surface area contributed by atoms with E-state index in [1.165, 1.54) is 6.20 Å². The molecule has 1 aliphatic rings. The minimum atomic E-state index is -3.58. The molecule has 7 nitrogen and oxygen atoms in total. The van der Waals surface area contributed by atoms with Crippen LogP contribution in [0.5, 0.6) is 0 Å². The highest BCUT2D eigenvalue weighted by atomic mass is 35.5. The molecule has 0 atom stereocenters. The van der Waals surface area contributed by atoms with Gasteiger partial charge in [-0.05, 0) is 36.6 Å². The van der Waals surface area contributed by atoms with Gasteiger partial charge in [-0.25, -0.2) is 18.1 Å². The summed E-state index contributed by atoms with van der Waals surface area (Å²) in [6, 6.07) is 10.6. The zero-order valence-electron chi connectivity index (χ0n) is 17.9. The summed E-state index contributed by atoms with van der Waals surface area (Å²) in [5.74, 6) is 0.759. The third-order valence-electron chi connectivity index (χ3n) is 5.59. The topological polar surface area (TPSA) is 82.6 Å². The van der Waals surface area contributed by atoms with Crippen molar-refractivity contribution in [3.63, 3.8) is 0 Å². The molecule has 0 aliphatic carbocycles. The first-order chi connectivity index (χ1) is 14.8. The largest absolute Gasteiger partial charge is 0.353 e. The fraction of sp³-hybridized carbons (Fsp3) is 0.455. The van der Waals surface area contributed by atoms with Gasteiger partial charge >= 0.3 is 0 Å². The second-order valence-corrected chi connectivity index (χ2v) is 9.74. The number of carbonyl (C=O) groups is 1. The number of halogens is 1. The molecule has 1 aromatic carbocycles. The number of hydrogen-bond acceptors (Lipinski definition) is 5. The summed E-state index contributed by atoms with van der Waals surface area (Å²) in [5, 5.41) is 0.604. The molecular weight excluding hydrogens is 436 g/mol. The van der Waals surface area contributed by atoms with E-state index < -0.39 is 10.0 Å². The van der Waals surface area contributed by atoms with Crippen LogP contribution in [-0.4, -0.2) is 56.4 Å². The summed E-state index contributed by atoms with van der Waals surface area (Å²) in [5.41, 5.74) is 0.831. The summed E-state index contributed by atoms with van der Waals surface area (Å²) in [4.78, 5) is 21.0. The maximum atomic E-state index is 12.6. The Hall–Kier alpha value is -2.16. The van der Waals surface area contributed by atoms with Crippen LogP contribution in [0.15, 0.2) is 47.5 Å². The molecule has 1 saturated heterocycles. The fourth-order valence-corrected chi connectivity index (χ4v) is 5.11. The van der Waals surface area contributed by atoms with E-state index in [2.05, 4.69) is 14.6 Å². The zero-order chi connectivity index (χ0) is 22.4. The van der Waals surface area contributed by atoms with Crippen LogP contribution in [0.1, 0.15) is 32.3 Å². The van der Waals surface area contributed by atoms with Crippen LogP contribution >= 0.6 is 11.6 Å². The Balaban J connectivity index is 1.57. The van der Waals surface area contributed by atoms with E-state index in [9.17, 15) is 13.2 Å². The molecule has 1 aliphatic heterocycles. The van der Waals surface area contributed by atoms with E-state index in [0.717, 1.165) is 18.4 Å². The smallest absolute Gasteiger partial charge is 0.242 e. The Morgan fingerprint density at radius 1 is 1.10 bits per heavy atom. The number of benzene rings is 1. The second-order valence-electron chi connectivity index (χ2n) is 7.62. The van der Waals surface area contributed by atoms with Crippen molar-refractivity contribution in [3.8, 4) is 0 Å². The van der Waals surface area contributed by atoms with Crippen LogP contribution in [0, 0.1) is 0 Å². The van der Waals surface area contributed by atoms with Gasteiger partial charge < -0.3 is 9.80 Å². The number of sulfonamides is 1. The number of anilines is 1. The Labute approximate surface area is 189 Å². The molecule has 168 valence electrons. The lowest BCUT2D eigenvalue weighted by atomic mass is 10.1. The van der Waals surface area contributed by atoms with Crippen molar-refractivity contribution in [2.75, 3.05) is 31.1 Å². The highest BCUT2D eigenvalue weighted by Crippen LogP contribution is 2.19. The van der Waals surface area contributed by atoms with Crippen molar-refractivity contribution in [2.45, 2.75) is 44.0 Å². The molecule has 0 radical (unpaired) electrons. The molecule has 1 aromatic heterocycles. The Kier molecular flexibility index (Phi) is 7.91. The highest BCUT2D eigenvalue weighted by molar-refractivity contribution is 7.89. The van der Waals surface area contributed by atoms with E-state index >= 15 is 0 Å². The third-order valence-corrected chi connectivity index (χ3v) is 7.47. The molecule has 0 saturated carbocycles. The predicted octanol–water partition coefficient (Wildman–Crippen LogP) is 3.09. The Morgan fingerprint density at radius 3 is 2.35 bits per heavy atom.